The molecule has 20 heavy (non-hydrogen) atoms. The van der Waals surface area contributed by atoms with Crippen molar-refractivity contribution in [2.75, 3.05) is 19.7 Å². The summed E-state index contributed by atoms with van der Waals surface area (Å²) in [5, 5.41) is 9.15. The van der Waals surface area contributed by atoms with E-state index in [9.17, 15) is 8.42 Å². The topological polar surface area (TPSA) is 95.7 Å². The van der Waals surface area contributed by atoms with E-state index in [1.54, 1.807) is 6.20 Å². The van der Waals surface area contributed by atoms with E-state index in [4.69, 9.17) is 9.52 Å². The second-order valence-corrected chi connectivity index (χ2v) is 6.70. The molecule has 2 N–H and O–H groups in total. The zero-order valence-electron chi connectivity index (χ0n) is 11.6. The molecule has 8 heteroatoms. The van der Waals surface area contributed by atoms with Crippen molar-refractivity contribution < 1.29 is 17.9 Å². The van der Waals surface area contributed by atoms with E-state index >= 15 is 0 Å². The fourth-order valence-corrected chi connectivity index (χ4v) is 3.50. The Morgan fingerprint density at radius 3 is 3.05 bits per heavy atom. The fourth-order valence-electron chi connectivity index (χ4n) is 2.23. The van der Waals surface area contributed by atoms with Gasteiger partial charge in [0, 0.05) is 26.1 Å². The third-order valence-electron chi connectivity index (χ3n) is 3.44. The maximum Gasteiger partial charge on any atom is 0.279 e. The average molecular weight is 303 g/mol. The molecule has 1 unspecified atom stereocenters. The number of aryl methyl sites for hydroxylation is 1. The third-order valence-corrected chi connectivity index (χ3v) is 4.96. The minimum Gasteiger partial charge on any atom is -0.444 e. The number of hydrogen-bond acceptors (Lipinski definition) is 5. The second-order valence-electron chi connectivity index (χ2n) is 4.95. The fraction of sp³-hybridized carbons (Fsp3) is 0.750. The lowest BCUT2D eigenvalue weighted by atomic mass is 10.0. The van der Waals surface area contributed by atoms with Gasteiger partial charge in [-0.3, -0.25) is 0 Å². The molecule has 2 rings (SSSR count). The van der Waals surface area contributed by atoms with Crippen LogP contribution < -0.4 is 4.72 Å². The Balaban J connectivity index is 1.93. The molecular weight excluding hydrogens is 282 g/mol. The van der Waals surface area contributed by atoms with Crippen LogP contribution in [-0.2, 0) is 23.2 Å². The Morgan fingerprint density at radius 2 is 2.40 bits per heavy atom. The molecule has 1 aliphatic heterocycles. The normalized spacial score (nSPS) is 21.2. The molecule has 1 aliphatic rings. The van der Waals surface area contributed by atoms with Gasteiger partial charge >= 0.3 is 0 Å². The van der Waals surface area contributed by atoms with Gasteiger partial charge in [-0.1, -0.05) is 6.92 Å². The van der Waals surface area contributed by atoms with Crippen LogP contribution in [0.2, 0.25) is 0 Å². The van der Waals surface area contributed by atoms with Crippen LogP contribution in [0.3, 0.4) is 0 Å². The highest BCUT2D eigenvalue weighted by molar-refractivity contribution is 7.87. The van der Waals surface area contributed by atoms with Gasteiger partial charge in [-0.05, 0) is 18.8 Å². The van der Waals surface area contributed by atoms with Crippen LogP contribution in [0, 0.1) is 5.92 Å². The number of oxazole rings is 1. The lowest BCUT2D eigenvalue weighted by Crippen LogP contribution is -2.46. The summed E-state index contributed by atoms with van der Waals surface area (Å²) in [6.45, 7) is 2.85. The number of nitrogens with one attached hydrogen (secondary N) is 1. The summed E-state index contributed by atoms with van der Waals surface area (Å²) < 4.78 is 33.5. The number of aliphatic hydroxyl groups excluding tert-OH is 1. The molecule has 1 aromatic heterocycles. The minimum atomic E-state index is -3.55. The quantitative estimate of drug-likeness (QED) is 0.787. The number of piperidine rings is 1. The molecule has 0 aromatic carbocycles. The number of aliphatic hydroxyl groups is 1. The van der Waals surface area contributed by atoms with Crippen LogP contribution in [-0.4, -0.2) is 42.5 Å². The first-order valence-electron chi connectivity index (χ1n) is 6.84. The van der Waals surface area contributed by atoms with Gasteiger partial charge in [0.15, 0.2) is 0 Å². The minimum absolute atomic E-state index is 0.0195. The first-order valence-corrected chi connectivity index (χ1v) is 8.28. The molecule has 0 amide bonds. The predicted molar refractivity (Wildman–Crippen MR) is 73.0 cm³/mol. The molecule has 0 bridgehead atoms. The molecule has 1 atom stereocenters. The van der Waals surface area contributed by atoms with Crippen LogP contribution in [0.25, 0.3) is 0 Å². The Labute approximate surface area is 119 Å². The molecule has 1 saturated heterocycles. The molecule has 2 heterocycles. The van der Waals surface area contributed by atoms with E-state index in [0.29, 0.717) is 19.0 Å². The Bertz CT molecular complexity index is 529. The van der Waals surface area contributed by atoms with E-state index in [1.807, 2.05) is 6.92 Å². The molecule has 1 aromatic rings. The highest BCUT2D eigenvalue weighted by Crippen LogP contribution is 2.18. The van der Waals surface area contributed by atoms with Crippen molar-refractivity contribution >= 4 is 10.2 Å². The first kappa shape index (κ1) is 15.4. The largest absolute Gasteiger partial charge is 0.444 e. The van der Waals surface area contributed by atoms with Gasteiger partial charge in [0.25, 0.3) is 10.2 Å². The summed E-state index contributed by atoms with van der Waals surface area (Å²) in [4.78, 5) is 4.01. The zero-order valence-corrected chi connectivity index (χ0v) is 12.4. The number of hydrogen-bond donors (Lipinski definition) is 2. The van der Waals surface area contributed by atoms with Crippen molar-refractivity contribution in [2.45, 2.75) is 32.7 Å². The SMILES string of the molecule is CCc1cnc(CNS(=O)(=O)N2CCCC(CO)C2)o1. The molecular formula is C12H21N3O4S. The maximum absolute atomic E-state index is 12.2. The maximum atomic E-state index is 12.2. The summed E-state index contributed by atoms with van der Waals surface area (Å²) in [5.41, 5.74) is 0. The standard InChI is InChI=1S/C12H21N3O4S/c1-2-11-6-13-12(19-11)7-14-20(17,18)15-5-3-4-10(8-15)9-16/h6,10,14,16H,2-5,7-9H2,1H3. The van der Waals surface area contributed by atoms with Gasteiger partial charge in [-0.25, -0.2) is 4.98 Å². The van der Waals surface area contributed by atoms with Crippen molar-refractivity contribution in [3.8, 4) is 0 Å². The van der Waals surface area contributed by atoms with Crippen LogP contribution in [0.4, 0.5) is 0 Å². The highest BCUT2D eigenvalue weighted by Gasteiger charge is 2.28. The predicted octanol–water partition coefficient (Wildman–Crippen LogP) is 0.276. The van der Waals surface area contributed by atoms with Gasteiger partial charge in [-0.15, -0.1) is 0 Å². The van der Waals surface area contributed by atoms with E-state index < -0.39 is 10.2 Å². The van der Waals surface area contributed by atoms with Gasteiger partial charge < -0.3 is 9.52 Å². The monoisotopic (exact) mass is 303 g/mol. The summed E-state index contributed by atoms with van der Waals surface area (Å²) in [6, 6.07) is 0. The Hall–Kier alpha value is -0.960. The van der Waals surface area contributed by atoms with E-state index in [-0.39, 0.29) is 19.1 Å². The molecule has 1 fully saturated rings. The Kier molecular flexibility index (Phi) is 5.14. The third kappa shape index (κ3) is 3.78. The Morgan fingerprint density at radius 1 is 1.60 bits per heavy atom. The van der Waals surface area contributed by atoms with Crippen LogP contribution in [0.1, 0.15) is 31.4 Å². The summed E-state index contributed by atoms with van der Waals surface area (Å²) >= 11 is 0. The molecule has 0 saturated carbocycles. The zero-order chi connectivity index (χ0) is 14.6. The van der Waals surface area contributed by atoms with Gasteiger partial charge in [0.1, 0.15) is 5.76 Å². The van der Waals surface area contributed by atoms with Gasteiger partial charge in [0.05, 0.1) is 12.7 Å². The summed E-state index contributed by atoms with van der Waals surface area (Å²) in [5.74, 6) is 1.12. The van der Waals surface area contributed by atoms with Crippen molar-refractivity contribution in [1.29, 1.82) is 0 Å². The smallest absolute Gasteiger partial charge is 0.279 e. The summed E-state index contributed by atoms with van der Waals surface area (Å²) in [6.07, 6.45) is 3.96. The summed E-state index contributed by atoms with van der Waals surface area (Å²) in [7, 11) is -3.55. The van der Waals surface area contributed by atoms with Crippen molar-refractivity contribution in [3.05, 3.63) is 17.8 Å². The van der Waals surface area contributed by atoms with Crippen molar-refractivity contribution in [2.24, 2.45) is 5.92 Å². The van der Waals surface area contributed by atoms with Gasteiger partial charge in [-0.2, -0.15) is 17.4 Å². The molecule has 114 valence electrons. The number of aromatic nitrogens is 1. The molecule has 0 radical (unpaired) electrons. The molecule has 0 aliphatic carbocycles. The number of rotatable bonds is 6. The molecule has 0 spiro atoms. The van der Waals surface area contributed by atoms with Gasteiger partial charge in [0.2, 0.25) is 5.89 Å². The van der Waals surface area contributed by atoms with Crippen LogP contribution in [0.15, 0.2) is 10.6 Å². The highest BCUT2D eigenvalue weighted by atomic mass is 32.2. The van der Waals surface area contributed by atoms with E-state index in [0.717, 1.165) is 25.0 Å². The van der Waals surface area contributed by atoms with Crippen LogP contribution in [0.5, 0.6) is 0 Å². The first-order chi connectivity index (χ1) is 9.55. The lowest BCUT2D eigenvalue weighted by Gasteiger charge is -2.30. The average Bonchev–Trinajstić information content (AvgIpc) is 2.93. The number of nitrogens with zero attached hydrogens (tertiary/aromatic N) is 2. The molecule has 7 nitrogen and oxygen atoms in total. The lowest BCUT2D eigenvalue weighted by molar-refractivity contribution is 0.164. The van der Waals surface area contributed by atoms with Crippen LogP contribution >= 0.6 is 0 Å². The van der Waals surface area contributed by atoms with Crippen molar-refractivity contribution in [3.63, 3.8) is 0 Å². The van der Waals surface area contributed by atoms with E-state index in [1.165, 1.54) is 4.31 Å². The van der Waals surface area contributed by atoms with Crippen molar-refractivity contribution in [1.82, 2.24) is 14.0 Å². The second kappa shape index (κ2) is 6.66. The van der Waals surface area contributed by atoms with E-state index in [2.05, 4.69) is 9.71 Å².